The Kier molecular flexibility index (Phi) is 3.93. The molecule has 0 aliphatic rings. The number of benzene rings is 1. The topological polar surface area (TPSA) is 65.8 Å². The lowest BCUT2D eigenvalue weighted by Crippen LogP contribution is -2.14. The molecule has 0 aliphatic heterocycles. The van der Waals surface area contributed by atoms with E-state index in [1.807, 2.05) is 25.1 Å². The van der Waals surface area contributed by atoms with Crippen LogP contribution in [0, 0.1) is 18.3 Å². The van der Waals surface area contributed by atoms with E-state index in [1.165, 1.54) is 6.20 Å². The first-order valence-electron chi connectivity index (χ1n) is 5.54. The van der Waals surface area contributed by atoms with Crippen molar-refractivity contribution in [1.29, 1.82) is 5.26 Å². The summed E-state index contributed by atoms with van der Waals surface area (Å²) in [5.74, 6) is 0.194. The third-order valence-corrected chi connectivity index (χ3v) is 3.07. The summed E-state index contributed by atoms with van der Waals surface area (Å²) in [5.41, 5.74) is 1.92. The molecule has 1 amide bonds. The van der Waals surface area contributed by atoms with Gasteiger partial charge in [0.2, 0.25) is 0 Å². The average molecular weight is 316 g/mol. The quantitative estimate of drug-likeness (QED) is 0.924. The Bertz CT molecular complexity index is 659. The zero-order valence-electron chi connectivity index (χ0n) is 10.1. The fourth-order valence-electron chi connectivity index (χ4n) is 1.56. The molecule has 0 atom stereocenters. The predicted octanol–water partition coefficient (Wildman–Crippen LogP) is 3.28. The van der Waals surface area contributed by atoms with Gasteiger partial charge in [-0.1, -0.05) is 22.0 Å². The second-order valence-corrected chi connectivity index (χ2v) is 4.87. The number of hydrogen-bond donors (Lipinski definition) is 1. The molecule has 0 fully saturated rings. The van der Waals surface area contributed by atoms with E-state index >= 15 is 0 Å². The van der Waals surface area contributed by atoms with Gasteiger partial charge in [0.1, 0.15) is 11.9 Å². The van der Waals surface area contributed by atoms with Crippen molar-refractivity contribution in [3.05, 3.63) is 57.7 Å². The molecule has 0 saturated heterocycles. The van der Waals surface area contributed by atoms with E-state index in [0.717, 1.165) is 10.0 Å². The molecule has 0 bridgehead atoms. The van der Waals surface area contributed by atoms with Gasteiger partial charge in [-0.25, -0.2) is 4.98 Å². The molecular formula is C14H10BrN3O. The molecule has 1 heterocycles. The highest BCUT2D eigenvalue weighted by molar-refractivity contribution is 9.10. The number of pyridine rings is 1. The molecular weight excluding hydrogens is 306 g/mol. The van der Waals surface area contributed by atoms with Gasteiger partial charge in [0.05, 0.1) is 5.56 Å². The Morgan fingerprint density at radius 2 is 2.16 bits per heavy atom. The zero-order chi connectivity index (χ0) is 13.8. The Morgan fingerprint density at radius 3 is 2.79 bits per heavy atom. The molecule has 1 aromatic heterocycles. The molecule has 0 spiro atoms. The molecule has 1 N–H and O–H groups in total. The van der Waals surface area contributed by atoms with Crippen molar-refractivity contribution in [2.45, 2.75) is 6.92 Å². The summed E-state index contributed by atoms with van der Waals surface area (Å²) in [4.78, 5) is 16.1. The molecule has 94 valence electrons. The van der Waals surface area contributed by atoms with Gasteiger partial charge in [0.25, 0.3) is 5.91 Å². The average Bonchev–Trinajstić information content (AvgIpc) is 2.42. The summed E-state index contributed by atoms with van der Waals surface area (Å²) in [6.45, 7) is 1.87. The van der Waals surface area contributed by atoms with Crippen molar-refractivity contribution in [3.63, 3.8) is 0 Å². The van der Waals surface area contributed by atoms with Crippen LogP contribution in [0.5, 0.6) is 0 Å². The Hall–Kier alpha value is -2.19. The van der Waals surface area contributed by atoms with Gasteiger partial charge in [-0.15, -0.1) is 0 Å². The second kappa shape index (κ2) is 5.63. The number of anilines is 1. The van der Waals surface area contributed by atoms with E-state index in [-0.39, 0.29) is 5.91 Å². The van der Waals surface area contributed by atoms with Crippen LogP contribution in [0.25, 0.3) is 0 Å². The molecule has 1 aromatic carbocycles. The first kappa shape index (κ1) is 13.2. The zero-order valence-corrected chi connectivity index (χ0v) is 11.7. The smallest absolute Gasteiger partial charge is 0.257 e. The summed E-state index contributed by atoms with van der Waals surface area (Å²) in [5, 5.41) is 11.4. The number of halogens is 1. The van der Waals surface area contributed by atoms with Crippen LogP contribution in [0.15, 0.2) is 41.0 Å². The monoisotopic (exact) mass is 315 g/mol. The van der Waals surface area contributed by atoms with Crippen LogP contribution in [0.3, 0.4) is 0 Å². The summed E-state index contributed by atoms with van der Waals surface area (Å²) < 4.78 is 0.844. The number of carbonyl (C=O) groups excluding carboxylic acids is 1. The van der Waals surface area contributed by atoms with Crippen LogP contribution in [0.1, 0.15) is 21.5 Å². The van der Waals surface area contributed by atoms with Crippen LogP contribution >= 0.6 is 15.9 Å². The molecule has 0 radical (unpaired) electrons. The summed E-state index contributed by atoms with van der Waals surface area (Å²) >= 11 is 3.34. The number of rotatable bonds is 2. The second-order valence-electron chi connectivity index (χ2n) is 3.96. The van der Waals surface area contributed by atoms with E-state index in [0.29, 0.717) is 16.9 Å². The maximum atomic E-state index is 12.1. The van der Waals surface area contributed by atoms with E-state index in [1.54, 1.807) is 18.2 Å². The van der Waals surface area contributed by atoms with Crippen molar-refractivity contribution >= 4 is 27.7 Å². The lowest BCUT2D eigenvalue weighted by molar-refractivity contribution is 0.102. The van der Waals surface area contributed by atoms with E-state index < -0.39 is 0 Å². The van der Waals surface area contributed by atoms with Crippen molar-refractivity contribution in [2.75, 3.05) is 5.32 Å². The van der Waals surface area contributed by atoms with Gasteiger partial charge in [0, 0.05) is 16.2 Å². The van der Waals surface area contributed by atoms with Gasteiger partial charge in [-0.3, -0.25) is 4.79 Å². The number of nitriles is 1. The molecule has 5 heteroatoms. The fraction of sp³-hybridized carbons (Fsp3) is 0.0714. The minimum absolute atomic E-state index is 0.226. The van der Waals surface area contributed by atoms with Gasteiger partial charge in [-0.05, 0) is 36.8 Å². The van der Waals surface area contributed by atoms with Crippen LogP contribution in [-0.2, 0) is 0 Å². The van der Waals surface area contributed by atoms with Crippen molar-refractivity contribution < 1.29 is 4.79 Å². The van der Waals surface area contributed by atoms with Gasteiger partial charge in [0.15, 0.2) is 0 Å². The van der Waals surface area contributed by atoms with Gasteiger partial charge < -0.3 is 5.32 Å². The number of nitrogens with one attached hydrogen (secondary N) is 1. The molecule has 0 aliphatic carbocycles. The number of aryl methyl sites for hydroxylation is 1. The van der Waals surface area contributed by atoms with E-state index in [2.05, 4.69) is 26.2 Å². The number of amides is 1. The van der Waals surface area contributed by atoms with E-state index in [4.69, 9.17) is 5.26 Å². The normalized spacial score (nSPS) is 9.74. The van der Waals surface area contributed by atoms with Crippen LogP contribution < -0.4 is 5.32 Å². The molecule has 0 unspecified atom stereocenters. The molecule has 2 rings (SSSR count). The highest BCUT2D eigenvalue weighted by atomic mass is 79.9. The molecule has 4 nitrogen and oxygen atoms in total. The summed E-state index contributed by atoms with van der Waals surface area (Å²) in [6, 6.07) is 10.7. The third-order valence-electron chi connectivity index (χ3n) is 2.58. The Labute approximate surface area is 119 Å². The maximum Gasteiger partial charge on any atom is 0.257 e. The fourth-order valence-corrected chi connectivity index (χ4v) is 1.92. The largest absolute Gasteiger partial charge is 0.307 e. The number of hydrogen-bond acceptors (Lipinski definition) is 3. The van der Waals surface area contributed by atoms with Crippen LogP contribution in [-0.4, -0.2) is 10.9 Å². The molecule has 0 saturated carbocycles. The number of aromatic nitrogens is 1. The Morgan fingerprint density at radius 1 is 1.37 bits per heavy atom. The summed E-state index contributed by atoms with van der Waals surface area (Å²) in [7, 11) is 0. The number of carbonyl (C=O) groups is 1. The minimum Gasteiger partial charge on any atom is -0.307 e. The third kappa shape index (κ3) is 3.18. The van der Waals surface area contributed by atoms with Crippen molar-refractivity contribution in [2.24, 2.45) is 0 Å². The van der Waals surface area contributed by atoms with Crippen LogP contribution in [0.2, 0.25) is 0 Å². The SMILES string of the molecule is Cc1ccc(Br)cc1C(=O)Nc1ccc(C#N)cn1. The number of nitrogens with zero attached hydrogens (tertiary/aromatic N) is 2. The molecule has 19 heavy (non-hydrogen) atoms. The van der Waals surface area contributed by atoms with Crippen molar-refractivity contribution in [3.8, 4) is 6.07 Å². The van der Waals surface area contributed by atoms with E-state index in [9.17, 15) is 4.79 Å². The highest BCUT2D eigenvalue weighted by Gasteiger charge is 2.10. The van der Waals surface area contributed by atoms with Crippen molar-refractivity contribution in [1.82, 2.24) is 4.98 Å². The lowest BCUT2D eigenvalue weighted by atomic mass is 10.1. The molecule has 2 aromatic rings. The van der Waals surface area contributed by atoms with Crippen LogP contribution in [0.4, 0.5) is 5.82 Å². The maximum absolute atomic E-state index is 12.1. The first-order chi connectivity index (χ1) is 9.10. The van der Waals surface area contributed by atoms with Gasteiger partial charge in [-0.2, -0.15) is 5.26 Å². The van der Waals surface area contributed by atoms with Gasteiger partial charge >= 0.3 is 0 Å². The predicted molar refractivity (Wildman–Crippen MR) is 75.8 cm³/mol. The Balaban J connectivity index is 2.21. The summed E-state index contributed by atoms with van der Waals surface area (Å²) in [6.07, 6.45) is 1.42. The standard InChI is InChI=1S/C14H10BrN3O/c1-9-2-4-11(15)6-12(9)14(19)18-13-5-3-10(7-16)8-17-13/h2-6,8H,1H3,(H,17,18,19). The first-order valence-corrected chi connectivity index (χ1v) is 6.33. The minimum atomic E-state index is -0.226. The highest BCUT2D eigenvalue weighted by Crippen LogP contribution is 2.17. The lowest BCUT2D eigenvalue weighted by Gasteiger charge is -2.07.